The molecular formula is C23H25N3O4S. The molecule has 1 aliphatic carbocycles. The van der Waals surface area contributed by atoms with E-state index in [1.54, 1.807) is 18.9 Å². The number of benzene rings is 1. The molecule has 162 valence electrons. The summed E-state index contributed by atoms with van der Waals surface area (Å²) in [6.07, 6.45) is 0.990. The van der Waals surface area contributed by atoms with E-state index in [1.807, 2.05) is 19.1 Å². The highest BCUT2D eigenvalue weighted by atomic mass is 32.1. The number of carbonyl (C=O) groups excluding carboxylic acids is 2. The van der Waals surface area contributed by atoms with Crippen LogP contribution in [0.1, 0.15) is 46.4 Å². The number of rotatable bonds is 5. The van der Waals surface area contributed by atoms with Gasteiger partial charge in [0, 0.05) is 17.3 Å². The molecule has 0 bridgehead atoms. The van der Waals surface area contributed by atoms with Crippen molar-refractivity contribution in [3.05, 3.63) is 45.3 Å². The number of methoxy groups -OCH3 is 1. The third-order valence-electron chi connectivity index (χ3n) is 5.84. The molecule has 2 atom stereocenters. The van der Waals surface area contributed by atoms with Crippen molar-refractivity contribution in [3.8, 4) is 11.8 Å². The zero-order chi connectivity index (χ0) is 22.1. The maximum absolute atomic E-state index is 12.9. The maximum atomic E-state index is 12.9. The molecule has 4 rings (SSSR count). The first-order valence-electron chi connectivity index (χ1n) is 10.4. The number of nitriles is 1. The fraction of sp³-hybridized carbons (Fsp3) is 0.435. The van der Waals surface area contributed by atoms with Gasteiger partial charge in [0.1, 0.15) is 16.8 Å². The van der Waals surface area contributed by atoms with Gasteiger partial charge >= 0.3 is 6.09 Å². The smallest absolute Gasteiger partial charge is 0.410 e. The summed E-state index contributed by atoms with van der Waals surface area (Å²) in [6, 6.07) is 8.26. The Hall–Kier alpha value is -3.05. The van der Waals surface area contributed by atoms with Crippen LogP contribution in [-0.4, -0.2) is 37.2 Å². The summed E-state index contributed by atoms with van der Waals surface area (Å²) in [7, 11) is 1.64. The Bertz CT molecular complexity index is 1070. The number of hydrogen-bond acceptors (Lipinski definition) is 6. The number of ether oxygens (including phenoxy) is 2. The van der Waals surface area contributed by atoms with E-state index >= 15 is 0 Å². The number of hydrogen-bond donors (Lipinski definition) is 1. The van der Waals surface area contributed by atoms with Gasteiger partial charge in [0.05, 0.1) is 25.8 Å². The predicted molar refractivity (Wildman–Crippen MR) is 117 cm³/mol. The van der Waals surface area contributed by atoms with Crippen LogP contribution < -0.4 is 10.1 Å². The lowest BCUT2D eigenvalue weighted by Gasteiger charge is -2.25. The van der Waals surface area contributed by atoms with Crippen molar-refractivity contribution in [2.24, 2.45) is 5.92 Å². The van der Waals surface area contributed by atoms with Gasteiger partial charge in [0.2, 0.25) is 5.91 Å². The zero-order valence-corrected chi connectivity index (χ0v) is 18.7. The molecule has 2 amide bonds. The minimum atomic E-state index is -0.349. The van der Waals surface area contributed by atoms with Crippen LogP contribution in [0.4, 0.5) is 9.80 Å². The molecule has 1 saturated carbocycles. The standard InChI is InChI=1S/C23H25N3O4S/c1-4-30-23(28)26-8-7-14-18(11-24)22(31-20(14)12-26)25-21(27)17-10-15(17)16-9-13(2)5-6-19(16)29-3/h5-6,9,15,17H,4,7-8,10,12H2,1-3H3,(H,25,27). The fourth-order valence-electron chi connectivity index (χ4n) is 4.16. The van der Waals surface area contributed by atoms with Crippen LogP contribution in [0.15, 0.2) is 18.2 Å². The number of carbonyl (C=O) groups is 2. The SMILES string of the molecule is CCOC(=O)N1CCc2c(sc(NC(=O)C3CC3c3cc(C)ccc3OC)c2C#N)C1. The normalized spacial score (nSPS) is 19.2. The van der Waals surface area contributed by atoms with E-state index in [4.69, 9.17) is 9.47 Å². The van der Waals surface area contributed by atoms with Gasteiger partial charge < -0.3 is 19.7 Å². The number of fused-ring (bicyclic) bond motifs is 1. The summed E-state index contributed by atoms with van der Waals surface area (Å²) in [6.45, 7) is 5.02. The summed E-state index contributed by atoms with van der Waals surface area (Å²) in [4.78, 5) is 27.6. The van der Waals surface area contributed by atoms with Crippen molar-refractivity contribution in [2.45, 2.75) is 39.2 Å². The molecule has 1 N–H and O–H groups in total. The van der Waals surface area contributed by atoms with Gasteiger partial charge in [-0.15, -0.1) is 11.3 Å². The van der Waals surface area contributed by atoms with Crippen LogP contribution >= 0.6 is 11.3 Å². The van der Waals surface area contributed by atoms with E-state index < -0.39 is 0 Å². The van der Waals surface area contributed by atoms with Gasteiger partial charge in [0.15, 0.2) is 0 Å². The second kappa shape index (κ2) is 8.60. The lowest BCUT2D eigenvalue weighted by Crippen LogP contribution is -2.35. The summed E-state index contributed by atoms with van der Waals surface area (Å²) < 4.78 is 10.6. The van der Waals surface area contributed by atoms with Gasteiger partial charge in [-0.2, -0.15) is 5.26 Å². The number of aryl methyl sites for hydroxylation is 1. The van der Waals surface area contributed by atoms with E-state index in [2.05, 4.69) is 17.5 Å². The fourth-order valence-corrected chi connectivity index (χ4v) is 5.37. The summed E-state index contributed by atoms with van der Waals surface area (Å²) in [5.41, 5.74) is 3.63. The average molecular weight is 440 g/mol. The summed E-state index contributed by atoms with van der Waals surface area (Å²) in [5, 5.41) is 13.3. The molecule has 1 aromatic heterocycles. The third kappa shape index (κ3) is 4.10. The van der Waals surface area contributed by atoms with E-state index in [-0.39, 0.29) is 23.8 Å². The monoisotopic (exact) mass is 439 g/mol. The zero-order valence-electron chi connectivity index (χ0n) is 17.9. The minimum absolute atomic E-state index is 0.0779. The molecule has 2 unspecified atom stereocenters. The van der Waals surface area contributed by atoms with Crippen LogP contribution in [0.25, 0.3) is 0 Å². The van der Waals surface area contributed by atoms with Crippen LogP contribution in [0.2, 0.25) is 0 Å². The highest BCUT2D eigenvalue weighted by molar-refractivity contribution is 7.16. The molecule has 0 spiro atoms. The molecule has 31 heavy (non-hydrogen) atoms. The lowest BCUT2D eigenvalue weighted by molar-refractivity contribution is -0.117. The van der Waals surface area contributed by atoms with Crippen LogP contribution in [0.5, 0.6) is 5.75 Å². The Morgan fingerprint density at radius 2 is 2.19 bits per heavy atom. The Labute approximate surface area is 185 Å². The average Bonchev–Trinajstić information content (AvgIpc) is 3.49. The number of nitrogens with one attached hydrogen (secondary N) is 1. The van der Waals surface area contributed by atoms with E-state index in [0.29, 0.717) is 36.7 Å². The van der Waals surface area contributed by atoms with Crippen molar-refractivity contribution in [1.29, 1.82) is 5.26 Å². The van der Waals surface area contributed by atoms with E-state index in [0.717, 1.165) is 33.7 Å². The molecule has 2 aliphatic rings. The predicted octanol–water partition coefficient (Wildman–Crippen LogP) is 4.19. The maximum Gasteiger partial charge on any atom is 0.410 e. The molecule has 2 aromatic rings. The van der Waals surface area contributed by atoms with E-state index in [1.165, 1.54) is 11.3 Å². The quantitative estimate of drug-likeness (QED) is 0.754. The second-order valence-electron chi connectivity index (χ2n) is 7.87. The molecule has 1 aliphatic heterocycles. The number of thiophene rings is 1. The van der Waals surface area contributed by atoms with Crippen LogP contribution in [-0.2, 0) is 22.5 Å². The Morgan fingerprint density at radius 3 is 2.90 bits per heavy atom. The first-order valence-corrected chi connectivity index (χ1v) is 11.2. The largest absolute Gasteiger partial charge is 0.496 e. The summed E-state index contributed by atoms with van der Waals surface area (Å²) in [5.74, 6) is 0.701. The van der Waals surface area contributed by atoms with Crippen molar-refractivity contribution < 1.29 is 19.1 Å². The first-order chi connectivity index (χ1) is 15.0. The molecule has 7 nitrogen and oxygen atoms in total. The van der Waals surface area contributed by atoms with Crippen molar-refractivity contribution >= 4 is 28.3 Å². The van der Waals surface area contributed by atoms with Gasteiger partial charge in [-0.25, -0.2) is 4.79 Å². The molecule has 0 radical (unpaired) electrons. The number of anilines is 1. The molecule has 8 heteroatoms. The van der Waals surface area contributed by atoms with Crippen molar-refractivity contribution in [1.82, 2.24) is 4.90 Å². The highest BCUT2D eigenvalue weighted by Crippen LogP contribution is 2.51. The van der Waals surface area contributed by atoms with Gasteiger partial charge in [-0.3, -0.25) is 4.79 Å². The van der Waals surface area contributed by atoms with Crippen molar-refractivity contribution in [3.63, 3.8) is 0 Å². The van der Waals surface area contributed by atoms with Gasteiger partial charge in [-0.1, -0.05) is 17.7 Å². The van der Waals surface area contributed by atoms with Crippen LogP contribution in [0.3, 0.4) is 0 Å². The molecular weight excluding hydrogens is 414 g/mol. The van der Waals surface area contributed by atoms with Crippen molar-refractivity contribution in [2.75, 3.05) is 25.6 Å². The third-order valence-corrected chi connectivity index (χ3v) is 6.98. The van der Waals surface area contributed by atoms with Crippen LogP contribution in [0, 0.1) is 24.2 Å². The van der Waals surface area contributed by atoms with Gasteiger partial charge in [0.25, 0.3) is 0 Å². The Kier molecular flexibility index (Phi) is 5.88. The van der Waals surface area contributed by atoms with E-state index in [9.17, 15) is 14.9 Å². The summed E-state index contributed by atoms with van der Waals surface area (Å²) >= 11 is 1.38. The number of amides is 2. The highest BCUT2D eigenvalue weighted by Gasteiger charge is 2.45. The molecule has 1 aromatic carbocycles. The second-order valence-corrected chi connectivity index (χ2v) is 8.98. The Balaban J connectivity index is 1.49. The lowest BCUT2D eigenvalue weighted by atomic mass is 10.0. The molecule has 2 heterocycles. The van der Waals surface area contributed by atoms with Gasteiger partial charge in [-0.05, 0) is 49.8 Å². The Morgan fingerprint density at radius 1 is 1.39 bits per heavy atom. The minimum Gasteiger partial charge on any atom is -0.496 e. The topological polar surface area (TPSA) is 91.7 Å². The molecule has 1 fully saturated rings. The number of nitrogens with zero attached hydrogens (tertiary/aromatic N) is 2. The first kappa shape index (κ1) is 21.2. The molecule has 0 saturated heterocycles.